The number of amides is 3. The summed E-state index contributed by atoms with van der Waals surface area (Å²) in [5.41, 5.74) is 0. The van der Waals surface area contributed by atoms with E-state index in [4.69, 9.17) is 16.1 Å². The second kappa shape index (κ2) is 12.5. The lowest BCUT2D eigenvalue weighted by Gasteiger charge is -2.38. The van der Waals surface area contributed by atoms with E-state index in [0.29, 0.717) is 63.7 Å². The van der Waals surface area contributed by atoms with Crippen molar-refractivity contribution < 1.29 is 27.3 Å². The van der Waals surface area contributed by atoms with E-state index in [2.05, 4.69) is 14.8 Å². The van der Waals surface area contributed by atoms with Crippen LogP contribution in [-0.4, -0.2) is 115 Å². The highest BCUT2D eigenvalue weighted by molar-refractivity contribution is 7.91. The Bertz CT molecular complexity index is 1600. The number of thiophene rings is 1. The third kappa shape index (κ3) is 6.58. The molecule has 0 unspecified atom stereocenters. The summed E-state index contributed by atoms with van der Waals surface area (Å²) in [5, 5.41) is 4.85. The van der Waals surface area contributed by atoms with E-state index >= 15 is 0 Å². The molecular weight excluding hydrogens is 616 g/mol. The molecule has 230 valence electrons. The minimum Gasteiger partial charge on any atom is -0.351 e. The molecule has 3 fully saturated rings. The minimum absolute atomic E-state index is 0.0275. The molecule has 5 heterocycles. The Hall–Kier alpha value is -3.04. The van der Waals surface area contributed by atoms with Gasteiger partial charge >= 0.3 is 0 Å². The van der Waals surface area contributed by atoms with Gasteiger partial charge in [-0.25, -0.2) is 8.42 Å². The molecule has 3 amide bonds. The predicted molar refractivity (Wildman–Crippen MR) is 160 cm³/mol. The largest absolute Gasteiger partial charge is 0.351 e. The maximum absolute atomic E-state index is 13.4. The fourth-order valence-electron chi connectivity index (χ4n) is 6.10. The van der Waals surface area contributed by atoms with Crippen LogP contribution in [0.2, 0.25) is 5.02 Å². The van der Waals surface area contributed by atoms with E-state index in [0.717, 1.165) is 34.3 Å². The summed E-state index contributed by atoms with van der Waals surface area (Å²) in [6.45, 7) is 4.17. The molecule has 3 aliphatic heterocycles. The van der Waals surface area contributed by atoms with Crippen LogP contribution in [0.1, 0.15) is 36.2 Å². The summed E-state index contributed by atoms with van der Waals surface area (Å²) in [6, 6.07) is 7.41. The number of carbonyl (C=O) groups excluding carboxylic acids is 3. The molecule has 43 heavy (non-hydrogen) atoms. The number of piperazine rings is 1. The molecule has 0 bridgehead atoms. The molecule has 12 nitrogen and oxygen atoms in total. The molecule has 2 aromatic heterocycles. The molecule has 0 saturated carbocycles. The average molecular weight is 649 g/mol. The van der Waals surface area contributed by atoms with Crippen LogP contribution >= 0.6 is 22.9 Å². The van der Waals surface area contributed by atoms with Crippen LogP contribution in [0.4, 0.5) is 0 Å². The van der Waals surface area contributed by atoms with Gasteiger partial charge in [-0.2, -0.15) is 4.72 Å². The zero-order valence-corrected chi connectivity index (χ0v) is 25.9. The van der Waals surface area contributed by atoms with Crippen molar-refractivity contribution in [3.8, 4) is 0 Å². The highest BCUT2D eigenvalue weighted by atomic mass is 35.5. The summed E-state index contributed by atoms with van der Waals surface area (Å²) in [5.74, 6) is -0.445. The average Bonchev–Trinajstić information content (AvgIpc) is 3.76. The number of rotatable bonds is 8. The first-order chi connectivity index (χ1) is 20.7. The molecule has 0 aliphatic carbocycles. The van der Waals surface area contributed by atoms with Crippen LogP contribution in [0.25, 0.3) is 10.1 Å². The van der Waals surface area contributed by atoms with Gasteiger partial charge < -0.3 is 19.2 Å². The predicted octanol–water partition coefficient (Wildman–Crippen LogP) is 2.26. The SMILES string of the molecule is O=C(c1ccno1)N1CCN(C[C@@H]2CCCN2C(=O)CN2CCC[C@H](NS(=O)(=O)c3cc4cc(Cl)ccc4s3)C2=O)CC1. The Balaban J connectivity index is 1.03. The van der Waals surface area contributed by atoms with Crippen LogP contribution in [0.3, 0.4) is 0 Å². The minimum atomic E-state index is -3.94. The monoisotopic (exact) mass is 648 g/mol. The van der Waals surface area contributed by atoms with Crippen molar-refractivity contribution in [3.05, 3.63) is 47.3 Å². The number of likely N-dealkylation sites (tertiary alicyclic amines) is 2. The zero-order chi connectivity index (χ0) is 30.1. The van der Waals surface area contributed by atoms with Crippen molar-refractivity contribution >= 4 is 60.8 Å². The van der Waals surface area contributed by atoms with Gasteiger partial charge in [-0.05, 0) is 55.3 Å². The van der Waals surface area contributed by atoms with Crippen molar-refractivity contribution in [3.63, 3.8) is 0 Å². The maximum atomic E-state index is 13.4. The van der Waals surface area contributed by atoms with E-state index in [1.54, 1.807) is 35.2 Å². The molecule has 1 N–H and O–H groups in total. The number of hydrogen-bond donors (Lipinski definition) is 1. The molecule has 2 atom stereocenters. The Kier molecular flexibility index (Phi) is 8.74. The summed E-state index contributed by atoms with van der Waals surface area (Å²) < 4.78 is 34.8. The fraction of sp³-hybridized carbons (Fsp3) is 0.500. The normalized spacial score (nSPS) is 22.1. The number of carbonyl (C=O) groups is 3. The van der Waals surface area contributed by atoms with E-state index in [1.807, 2.05) is 4.90 Å². The van der Waals surface area contributed by atoms with E-state index in [1.165, 1.54) is 11.1 Å². The Morgan fingerprint density at radius 3 is 2.60 bits per heavy atom. The molecular formula is C28H33ClN6O6S2. The lowest BCUT2D eigenvalue weighted by molar-refractivity contribution is -0.143. The van der Waals surface area contributed by atoms with E-state index in [-0.39, 0.29) is 40.3 Å². The number of fused-ring (bicyclic) bond motifs is 1. The molecule has 3 saturated heterocycles. The number of benzene rings is 1. The van der Waals surface area contributed by atoms with Gasteiger partial charge in [0.15, 0.2) is 0 Å². The summed E-state index contributed by atoms with van der Waals surface area (Å²) >= 11 is 7.17. The van der Waals surface area contributed by atoms with Crippen molar-refractivity contribution in [1.82, 2.24) is 29.5 Å². The smallest absolute Gasteiger partial charge is 0.292 e. The summed E-state index contributed by atoms with van der Waals surface area (Å²) in [4.78, 5) is 46.6. The topological polar surface area (TPSA) is 136 Å². The summed E-state index contributed by atoms with van der Waals surface area (Å²) in [6.07, 6.45) is 4.18. The van der Waals surface area contributed by atoms with Crippen LogP contribution < -0.4 is 4.72 Å². The molecule has 3 aromatic rings. The molecule has 1 aromatic carbocycles. The van der Waals surface area contributed by atoms with Crippen LogP contribution in [0, 0.1) is 0 Å². The Morgan fingerprint density at radius 2 is 1.84 bits per heavy atom. The number of aromatic nitrogens is 1. The lowest BCUT2D eigenvalue weighted by atomic mass is 10.1. The van der Waals surface area contributed by atoms with Crippen molar-refractivity contribution in [2.24, 2.45) is 0 Å². The zero-order valence-electron chi connectivity index (χ0n) is 23.5. The number of nitrogens with one attached hydrogen (secondary N) is 1. The van der Waals surface area contributed by atoms with Crippen LogP contribution in [-0.2, 0) is 19.6 Å². The third-order valence-corrected chi connectivity index (χ3v) is 11.6. The van der Waals surface area contributed by atoms with Gasteiger partial charge in [-0.3, -0.25) is 19.3 Å². The number of nitrogens with zero attached hydrogens (tertiary/aromatic N) is 5. The summed E-state index contributed by atoms with van der Waals surface area (Å²) in [7, 11) is -3.94. The van der Waals surface area contributed by atoms with E-state index in [9.17, 15) is 22.8 Å². The second-order valence-corrected chi connectivity index (χ2v) is 14.6. The highest BCUT2D eigenvalue weighted by Gasteiger charge is 2.37. The van der Waals surface area contributed by atoms with Gasteiger partial charge in [0.05, 0.1) is 12.7 Å². The van der Waals surface area contributed by atoms with Crippen LogP contribution in [0.15, 0.2) is 45.3 Å². The molecule has 15 heteroatoms. The Morgan fingerprint density at radius 1 is 1.05 bits per heavy atom. The highest BCUT2D eigenvalue weighted by Crippen LogP contribution is 2.31. The Labute approximate surface area is 258 Å². The van der Waals surface area contributed by atoms with Crippen molar-refractivity contribution in [1.29, 1.82) is 0 Å². The van der Waals surface area contributed by atoms with Gasteiger partial charge in [-0.1, -0.05) is 16.8 Å². The first-order valence-corrected chi connectivity index (χ1v) is 17.1. The third-order valence-electron chi connectivity index (χ3n) is 8.35. The van der Waals surface area contributed by atoms with Gasteiger partial charge in [0.2, 0.25) is 17.6 Å². The molecule has 3 aliphatic rings. The fourth-order valence-corrected chi connectivity index (χ4v) is 8.89. The second-order valence-electron chi connectivity index (χ2n) is 11.2. The molecule has 6 rings (SSSR count). The molecule has 0 spiro atoms. The van der Waals surface area contributed by atoms with Crippen LogP contribution in [0.5, 0.6) is 0 Å². The van der Waals surface area contributed by atoms with Gasteiger partial charge in [0.1, 0.15) is 10.3 Å². The van der Waals surface area contributed by atoms with Gasteiger partial charge in [-0.15, -0.1) is 11.3 Å². The van der Waals surface area contributed by atoms with Gasteiger partial charge in [0.25, 0.3) is 15.9 Å². The number of sulfonamides is 1. The lowest BCUT2D eigenvalue weighted by Crippen LogP contribution is -2.56. The van der Waals surface area contributed by atoms with E-state index < -0.39 is 16.1 Å². The first-order valence-electron chi connectivity index (χ1n) is 14.4. The van der Waals surface area contributed by atoms with Crippen molar-refractivity contribution in [2.75, 3.05) is 52.4 Å². The van der Waals surface area contributed by atoms with Gasteiger partial charge in [0, 0.05) is 67.6 Å². The molecule has 0 radical (unpaired) electrons. The standard InChI is InChI=1S/C28H33ClN6O6S2/c29-20-5-6-24-19(15-20)16-26(42-24)43(39,40)31-22-4-2-9-34(27(22)37)18-25(36)35-10-1-3-21(35)17-32-11-13-33(14-12-32)28(38)23-7-8-30-41-23/h5-8,15-16,21-22,31H,1-4,9-14,17-18H2/t21-,22-/m0/s1. The quantitative estimate of drug-likeness (QED) is 0.393. The number of halogens is 1. The maximum Gasteiger partial charge on any atom is 0.292 e. The number of piperidine rings is 1. The number of hydrogen-bond acceptors (Lipinski definition) is 9. The first kappa shape index (κ1) is 30.0. The van der Waals surface area contributed by atoms with Crippen molar-refractivity contribution in [2.45, 2.75) is 42.0 Å².